The molecule has 0 fully saturated rings. The van der Waals surface area contributed by atoms with E-state index in [1.165, 1.54) is 0 Å². The van der Waals surface area contributed by atoms with E-state index in [0.717, 1.165) is 5.75 Å². The summed E-state index contributed by atoms with van der Waals surface area (Å²) >= 11 is 5.73. The fraction of sp³-hybridized carbons (Fsp3) is 0.167. The number of nitrogens with zero attached hydrogens (tertiary/aromatic N) is 3. The summed E-state index contributed by atoms with van der Waals surface area (Å²) in [5.74, 6) is 0.738. The van der Waals surface area contributed by atoms with Gasteiger partial charge in [-0.05, 0) is 24.3 Å². The average Bonchev–Trinajstić information content (AvgIpc) is 2.76. The third-order valence-corrected chi connectivity index (χ3v) is 2.37. The fourth-order valence-electron chi connectivity index (χ4n) is 1.34. The monoisotopic (exact) mass is 247 g/mol. The predicted molar refractivity (Wildman–Crippen MR) is 63.9 cm³/mol. The number of ether oxygens (including phenoxy) is 1. The highest BCUT2D eigenvalue weighted by Gasteiger charge is 1.97. The lowest BCUT2D eigenvalue weighted by molar-refractivity contribution is 0.291. The van der Waals surface area contributed by atoms with Gasteiger partial charge in [-0.3, -0.25) is 4.68 Å². The zero-order chi connectivity index (χ0) is 12.1. The second-order valence-electron chi connectivity index (χ2n) is 3.41. The first-order chi connectivity index (χ1) is 8.28. The second kappa shape index (κ2) is 5.37. The normalized spacial score (nSPS) is 9.88. The molecule has 0 aliphatic heterocycles. The van der Waals surface area contributed by atoms with Gasteiger partial charge in [0.25, 0.3) is 0 Å². The molecule has 0 bridgehead atoms. The third kappa shape index (κ3) is 3.23. The van der Waals surface area contributed by atoms with E-state index in [9.17, 15) is 0 Å². The Morgan fingerprint density at radius 3 is 2.71 bits per heavy atom. The zero-order valence-electron chi connectivity index (χ0n) is 9.01. The Labute approximate surface area is 104 Å². The summed E-state index contributed by atoms with van der Waals surface area (Å²) in [5, 5.41) is 13.3. The molecule has 1 heterocycles. The molecule has 0 N–H and O–H groups in total. The van der Waals surface area contributed by atoms with Crippen molar-refractivity contribution >= 4 is 11.6 Å². The van der Waals surface area contributed by atoms with E-state index in [0.29, 0.717) is 23.7 Å². The molecular formula is C12H10ClN3O. The molecule has 0 spiro atoms. The van der Waals surface area contributed by atoms with Crippen molar-refractivity contribution in [2.75, 3.05) is 6.61 Å². The quantitative estimate of drug-likeness (QED) is 0.834. The van der Waals surface area contributed by atoms with Gasteiger partial charge in [-0.25, -0.2) is 0 Å². The molecule has 0 radical (unpaired) electrons. The lowest BCUT2D eigenvalue weighted by Crippen LogP contribution is -2.08. The molecule has 5 heteroatoms. The van der Waals surface area contributed by atoms with E-state index < -0.39 is 0 Å². The van der Waals surface area contributed by atoms with Crippen molar-refractivity contribution < 1.29 is 4.74 Å². The van der Waals surface area contributed by atoms with Crippen LogP contribution in [0, 0.1) is 11.3 Å². The van der Waals surface area contributed by atoms with Crippen molar-refractivity contribution in [3.8, 4) is 11.8 Å². The summed E-state index contributed by atoms with van der Waals surface area (Å²) < 4.78 is 7.22. The molecule has 2 aromatic rings. The molecule has 86 valence electrons. The van der Waals surface area contributed by atoms with Crippen molar-refractivity contribution in [3.05, 3.63) is 47.2 Å². The number of benzene rings is 1. The first kappa shape index (κ1) is 11.5. The Hall–Kier alpha value is -1.99. The van der Waals surface area contributed by atoms with Crippen molar-refractivity contribution in [3.63, 3.8) is 0 Å². The van der Waals surface area contributed by atoms with Gasteiger partial charge in [0.05, 0.1) is 29.4 Å². The van der Waals surface area contributed by atoms with Crippen LogP contribution >= 0.6 is 11.6 Å². The molecular weight excluding hydrogens is 238 g/mol. The molecule has 0 atom stereocenters. The maximum atomic E-state index is 8.64. The first-order valence-corrected chi connectivity index (χ1v) is 5.46. The summed E-state index contributed by atoms with van der Waals surface area (Å²) in [6.45, 7) is 1.14. The average molecular weight is 248 g/mol. The van der Waals surface area contributed by atoms with Crippen LogP contribution in [0.2, 0.25) is 5.02 Å². The van der Waals surface area contributed by atoms with E-state index in [1.54, 1.807) is 41.3 Å². The van der Waals surface area contributed by atoms with Crippen LogP contribution < -0.4 is 4.74 Å². The highest BCUT2D eigenvalue weighted by molar-refractivity contribution is 6.30. The van der Waals surface area contributed by atoms with Gasteiger partial charge in [0.15, 0.2) is 0 Å². The number of halogens is 1. The Bertz CT molecular complexity index is 527. The van der Waals surface area contributed by atoms with Crippen LogP contribution in [0.15, 0.2) is 36.7 Å². The topological polar surface area (TPSA) is 50.8 Å². The molecule has 1 aromatic heterocycles. The fourth-order valence-corrected chi connectivity index (χ4v) is 1.50. The van der Waals surface area contributed by atoms with Crippen LogP contribution in [0.25, 0.3) is 0 Å². The molecule has 0 unspecified atom stereocenters. The molecule has 0 saturated carbocycles. The molecule has 0 saturated heterocycles. The van der Waals surface area contributed by atoms with Crippen molar-refractivity contribution in [2.24, 2.45) is 0 Å². The van der Waals surface area contributed by atoms with Crippen LogP contribution in [0.1, 0.15) is 5.56 Å². The molecule has 2 rings (SSSR count). The van der Waals surface area contributed by atoms with Crippen molar-refractivity contribution in [1.29, 1.82) is 5.26 Å². The van der Waals surface area contributed by atoms with Crippen LogP contribution in [-0.2, 0) is 6.54 Å². The summed E-state index contributed by atoms with van der Waals surface area (Å²) in [5.41, 5.74) is 0.621. The number of aromatic nitrogens is 2. The van der Waals surface area contributed by atoms with E-state index in [2.05, 4.69) is 11.2 Å². The Morgan fingerprint density at radius 2 is 2.12 bits per heavy atom. The summed E-state index contributed by atoms with van der Waals surface area (Å²) in [7, 11) is 0. The van der Waals surface area contributed by atoms with Gasteiger partial charge >= 0.3 is 0 Å². The molecule has 0 amide bonds. The minimum absolute atomic E-state index is 0.504. The SMILES string of the molecule is N#Cc1ccc(OCCn2cc(Cl)cn2)cc1. The second-order valence-corrected chi connectivity index (χ2v) is 3.84. The summed E-state index contributed by atoms with van der Waals surface area (Å²) in [4.78, 5) is 0. The Balaban J connectivity index is 1.84. The van der Waals surface area contributed by atoms with Crippen LogP contribution in [-0.4, -0.2) is 16.4 Å². The zero-order valence-corrected chi connectivity index (χ0v) is 9.76. The van der Waals surface area contributed by atoms with E-state index in [-0.39, 0.29) is 0 Å². The van der Waals surface area contributed by atoms with Crippen molar-refractivity contribution in [1.82, 2.24) is 9.78 Å². The molecule has 0 aliphatic carbocycles. The third-order valence-electron chi connectivity index (χ3n) is 2.17. The molecule has 17 heavy (non-hydrogen) atoms. The Kier molecular flexibility index (Phi) is 3.63. The minimum atomic E-state index is 0.504. The lowest BCUT2D eigenvalue weighted by Gasteiger charge is -2.05. The first-order valence-electron chi connectivity index (χ1n) is 5.09. The van der Waals surface area contributed by atoms with E-state index in [1.807, 2.05) is 0 Å². The van der Waals surface area contributed by atoms with Gasteiger partial charge in [0.2, 0.25) is 0 Å². The molecule has 0 aliphatic rings. The predicted octanol–water partition coefficient (Wildman–Crippen LogP) is 2.49. The summed E-state index contributed by atoms with van der Waals surface area (Å²) in [6.07, 6.45) is 3.33. The Morgan fingerprint density at radius 1 is 1.35 bits per heavy atom. The highest BCUT2D eigenvalue weighted by atomic mass is 35.5. The van der Waals surface area contributed by atoms with E-state index >= 15 is 0 Å². The van der Waals surface area contributed by atoms with E-state index in [4.69, 9.17) is 21.6 Å². The maximum Gasteiger partial charge on any atom is 0.119 e. The standard InChI is InChI=1S/C12H10ClN3O/c13-11-8-15-16(9-11)5-6-17-12-3-1-10(7-14)2-4-12/h1-4,8-9H,5-6H2. The number of nitriles is 1. The van der Waals surface area contributed by atoms with Gasteiger partial charge in [0, 0.05) is 6.20 Å². The largest absolute Gasteiger partial charge is 0.492 e. The lowest BCUT2D eigenvalue weighted by atomic mass is 10.2. The highest BCUT2D eigenvalue weighted by Crippen LogP contribution is 2.11. The van der Waals surface area contributed by atoms with Crippen molar-refractivity contribution in [2.45, 2.75) is 6.54 Å². The van der Waals surface area contributed by atoms with Crippen LogP contribution in [0.4, 0.5) is 0 Å². The van der Waals surface area contributed by atoms with Crippen LogP contribution in [0.3, 0.4) is 0 Å². The smallest absolute Gasteiger partial charge is 0.119 e. The van der Waals surface area contributed by atoms with Gasteiger partial charge in [-0.15, -0.1) is 0 Å². The minimum Gasteiger partial charge on any atom is -0.492 e. The number of hydrogen-bond acceptors (Lipinski definition) is 3. The summed E-state index contributed by atoms with van der Waals surface area (Å²) in [6, 6.07) is 9.04. The number of hydrogen-bond donors (Lipinski definition) is 0. The molecule has 1 aromatic carbocycles. The van der Waals surface area contributed by atoms with Gasteiger partial charge in [-0.1, -0.05) is 11.6 Å². The number of rotatable bonds is 4. The molecule has 4 nitrogen and oxygen atoms in total. The van der Waals surface area contributed by atoms with Crippen LogP contribution in [0.5, 0.6) is 5.75 Å². The maximum absolute atomic E-state index is 8.64. The van der Waals surface area contributed by atoms with Gasteiger partial charge < -0.3 is 4.74 Å². The van der Waals surface area contributed by atoms with Gasteiger partial charge in [0.1, 0.15) is 12.4 Å². The van der Waals surface area contributed by atoms with Gasteiger partial charge in [-0.2, -0.15) is 10.4 Å².